The summed E-state index contributed by atoms with van der Waals surface area (Å²) in [4.78, 5) is 19.9. The zero-order valence-electron chi connectivity index (χ0n) is 9.85. The van der Waals surface area contributed by atoms with Crippen molar-refractivity contribution in [3.8, 4) is 12.1 Å². The molecule has 0 atom stereocenters. The Morgan fingerprint density at radius 1 is 1.11 bits per heavy atom. The van der Waals surface area contributed by atoms with Crippen molar-refractivity contribution >= 4 is 11.9 Å². The zero-order chi connectivity index (χ0) is 14.0. The van der Waals surface area contributed by atoms with Crippen molar-refractivity contribution in [3.63, 3.8) is 0 Å². The van der Waals surface area contributed by atoms with Crippen LogP contribution in [0.2, 0.25) is 0 Å². The third-order valence-corrected chi connectivity index (χ3v) is 2.37. The molecule has 0 radical (unpaired) electrons. The maximum Gasteiger partial charge on any atom is 0.346 e. The molecule has 0 aromatic rings. The highest BCUT2D eigenvalue weighted by atomic mass is 16.4. The molecular weight excluding hydrogens is 236 g/mol. The van der Waals surface area contributed by atoms with E-state index >= 15 is 0 Å². The molecule has 0 amide bonds. The van der Waals surface area contributed by atoms with Crippen LogP contribution in [0.1, 0.15) is 38.5 Å². The number of carbonyl (C=O) groups is 2. The molecule has 1 rings (SSSR count). The normalized spacial score (nSPS) is 13.3. The number of rotatable bonds is 2. The van der Waals surface area contributed by atoms with E-state index in [1.165, 1.54) is 6.07 Å². The smallest absolute Gasteiger partial charge is 0.346 e. The van der Waals surface area contributed by atoms with Crippen molar-refractivity contribution in [1.29, 1.82) is 10.5 Å². The third-order valence-electron chi connectivity index (χ3n) is 2.37. The Labute approximate surface area is 105 Å². The third kappa shape index (κ3) is 6.29. The van der Waals surface area contributed by atoms with Crippen LogP contribution in [-0.2, 0) is 9.59 Å². The molecule has 6 heteroatoms. The molecule has 0 heterocycles. The fraction of sp³-hybridized carbons (Fsp3) is 0.500. The minimum absolute atomic E-state index is 0.0327. The first-order valence-electron chi connectivity index (χ1n) is 5.47. The van der Waals surface area contributed by atoms with Crippen LogP contribution in [0.15, 0.2) is 11.1 Å². The minimum Gasteiger partial charge on any atom is -0.480 e. The van der Waals surface area contributed by atoms with Gasteiger partial charge in [-0.1, -0.05) is 6.42 Å². The molecule has 1 fully saturated rings. The summed E-state index contributed by atoms with van der Waals surface area (Å²) in [6.45, 7) is 0. The molecule has 6 nitrogen and oxygen atoms in total. The first kappa shape index (κ1) is 15.7. The molecule has 1 aliphatic rings. The Kier molecular flexibility index (Phi) is 7.63. The highest BCUT2D eigenvalue weighted by molar-refractivity contribution is 5.92. The lowest BCUT2D eigenvalue weighted by atomic mass is 9.91. The molecule has 1 saturated carbocycles. The largest absolute Gasteiger partial charge is 0.480 e. The fourth-order valence-electron chi connectivity index (χ4n) is 1.57. The van der Waals surface area contributed by atoms with Gasteiger partial charge in [-0.25, -0.2) is 4.79 Å². The van der Waals surface area contributed by atoms with Crippen LogP contribution in [0.3, 0.4) is 0 Å². The molecule has 0 bridgehead atoms. The Balaban J connectivity index is 0.000000411. The van der Waals surface area contributed by atoms with E-state index in [4.69, 9.17) is 20.7 Å². The minimum atomic E-state index is -1.07. The average molecular weight is 250 g/mol. The molecule has 0 aromatic heterocycles. The molecule has 1 aliphatic carbocycles. The van der Waals surface area contributed by atoms with E-state index in [1.54, 1.807) is 6.07 Å². The van der Waals surface area contributed by atoms with Gasteiger partial charge in [-0.05, 0) is 31.3 Å². The molecule has 0 spiro atoms. The maximum atomic E-state index is 10.5. The summed E-state index contributed by atoms with van der Waals surface area (Å²) in [7, 11) is 0. The Morgan fingerprint density at radius 2 is 1.67 bits per heavy atom. The number of nitriles is 2. The summed E-state index contributed by atoms with van der Waals surface area (Å²) in [5, 5.41) is 32.5. The van der Waals surface area contributed by atoms with Gasteiger partial charge in [-0.3, -0.25) is 4.79 Å². The molecule has 2 N–H and O–H groups in total. The summed E-state index contributed by atoms with van der Waals surface area (Å²) in [6, 6.07) is 3.22. The molecule has 0 aromatic carbocycles. The van der Waals surface area contributed by atoms with Crippen molar-refractivity contribution in [2.75, 3.05) is 0 Å². The standard InChI is InChI=1S/C9H11NO2.C3H3NO2/c10-6-8(9(11)12)7-4-2-1-3-5-7;4-2-1-3(5)6/h1-5H2,(H,11,12);1H2,(H,5,6). The van der Waals surface area contributed by atoms with E-state index in [2.05, 4.69) is 0 Å². The van der Waals surface area contributed by atoms with Gasteiger partial charge in [0, 0.05) is 0 Å². The first-order chi connectivity index (χ1) is 8.52. The van der Waals surface area contributed by atoms with Crippen molar-refractivity contribution in [2.24, 2.45) is 0 Å². The highest BCUT2D eigenvalue weighted by Gasteiger charge is 2.15. The van der Waals surface area contributed by atoms with Crippen LogP contribution in [0, 0.1) is 22.7 Å². The lowest BCUT2D eigenvalue weighted by Gasteiger charge is -2.13. The Hall–Kier alpha value is -2.34. The van der Waals surface area contributed by atoms with E-state index < -0.39 is 18.4 Å². The fourth-order valence-corrected chi connectivity index (χ4v) is 1.57. The Morgan fingerprint density at radius 3 is 1.94 bits per heavy atom. The second kappa shape index (κ2) is 8.77. The quantitative estimate of drug-likeness (QED) is 0.569. The maximum absolute atomic E-state index is 10.5. The van der Waals surface area contributed by atoms with Crippen LogP contribution >= 0.6 is 0 Å². The van der Waals surface area contributed by atoms with Crippen LogP contribution < -0.4 is 0 Å². The SMILES string of the molecule is N#CC(C(=O)O)=C1CCCCC1.N#CCC(=O)O. The molecule has 0 aliphatic heterocycles. The van der Waals surface area contributed by atoms with Crippen molar-refractivity contribution in [1.82, 2.24) is 0 Å². The predicted octanol–water partition coefficient (Wildman–Crippen LogP) is 1.84. The summed E-state index contributed by atoms with van der Waals surface area (Å²) in [5.41, 5.74) is 0.797. The van der Waals surface area contributed by atoms with Crippen LogP contribution in [-0.4, -0.2) is 22.2 Å². The lowest BCUT2D eigenvalue weighted by molar-refractivity contribution is -0.136. The van der Waals surface area contributed by atoms with Gasteiger partial charge in [0.25, 0.3) is 0 Å². The number of carboxylic acid groups (broad SMARTS) is 2. The summed E-state index contributed by atoms with van der Waals surface area (Å²) >= 11 is 0. The van der Waals surface area contributed by atoms with Gasteiger partial charge in [0.15, 0.2) is 0 Å². The van der Waals surface area contributed by atoms with Gasteiger partial charge in [0.2, 0.25) is 0 Å². The van der Waals surface area contributed by atoms with Gasteiger partial charge in [-0.2, -0.15) is 10.5 Å². The van der Waals surface area contributed by atoms with Gasteiger partial charge in [0.1, 0.15) is 18.1 Å². The lowest BCUT2D eigenvalue weighted by Crippen LogP contribution is -2.05. The second-order valence-electron chi connectivity index (χ2n) is 3.68. The van der Waals surface area contributed by atoms with Crippen LogP contribution in [0.5, 0.6) is 0 Å². The predicted molar refractivity (Wildman–Crippen MR) is 61.2 cm³/mol. The van der Waals surface area contributed by atoms with Crippen molar-refractivity contribution in [3.05, 3.63) is 11.1 Å². The number of carboxylic acids is 2. The van der Waals surface area contributed by atoms with E-state index in [0.29, 0.717) is 0 Å². The van der Waals surface area contributed by atoms with Crippen molar-refractivity contribution < 1.29 is 19.8 Å². The van der Waals surface area contributed by atoms with Gasteiger partial charge in [0.05, 0.1) is 6.07 Å². The topological polar surface area (TPSA) is 122 Å². The number of hydrogen-bond donors (Lipinski definition) is 2. The Bertz CT molecular complexity index is 418. The summed E-state index contributed by atoms with van der Waals surface area (Å²) in [6.07, 6.45) is 4.37. The van der Waals surface area contributed by atoms with E-state index in [9.17, 15) is 9.59 Å². The number of aliphatic carboxylic acids is 2. The van der Waals surface area contributed by atoms with Crippen LogP contribution in [0.4, 0.5) is 0 Å². The molecule has 18 heavy (non-hydrogen) atoms. The first-order valence-corrected chi connectivity index (χ1v) is 5.47. The number of hydrogen-bond acceptors (Lipinski definition) is 4. The average Bonchev–Trinajstić information content (AvgIpc) is 2.31. The van der Waals surface area contributed by atoms with Gasteiger partial charge < -0.3 is 10.2 Å². The molecule has 96 valence electrons. The van der Waals surface area contributed by atoms with Crippen molar-refractivity contribution in [2.45, 2.75) is 38.5 Å². The summed E-state index contributed by atoms with van der Waals surface area (Å²) < 4.78 is 0. The number of allylic oxidation sites excluding steroid dienone is 1. The van der Waals surface area contributed by atoms with Gasteiger partial charge in [-0.15, -0.1) is 0 Å². The second-order valence-corrected chi connectivity index (χ2v) is 3.68. The molecule has 0 unspecified atom stereocenters. The highest BCUT2D eigenvalue weighted by Crippen LogP contribution is 2.25. The van der Waals surface area contributed by atoms with Crippen LogP contribution in [0.25, 0.3) is 0 Å². The van der Waals surface area contributed by atoms with E-state index in [-0.39, 0.29) is 5.57 Å². The molecular formula is C12H14N2O4. The van der Waals surface area contributed by atoms with Gasteiger partial charge >= 0.3 is 11.9 Å². The summed E-state index contributed by atoms with van der Waals surface area (Å²) in [5.74, 6) is -2.15. The van der Waals surface area contributed by atoms with E-state index in [1.807, 2.05) is 0 Å². The van der Waals surface area contributed by atoms with E-state index in [0.717, 1.165) is 37.7 Å². The molecule has 0 saturated heterocycles. The zero-order valence-corrected chi connectivity index (χ0v) is 9.85. The number of nitrogens with zero attached hydrogens (tertiary/aromatic N) is 2. The monoisotopic (exact) mass is 250 g/mol.